The monoisotopic (exact) mass is 436 g/mol. The number of aromatic hydroxyl groups is 3. The van der Waals surface area contributed by atoms with Crippen molar-refractivity contribution in [1.29, 1.82) is 0 Å². The third kappa shape index (κ3) is 4.18. The van der Waals surface area contributed by atoms with Crippen molar-refractivity contribution >= 4 is 32.3 Å². The van der Waals surface area contributed by atoms with Crippen LogP contribution in [0.25, 0.3) is 21.9 Å². The summed E-state index contributed by atoms with van der Waals surface area (Å²) in [6, 6.07) is 17.5. The van der Waals surface area contributed by atoms with Gasteiger partial charge < -0.3 is 15.3 Å². The summed E-state index contributed by atoms with van der Waals surface area (Å²) in [5.41, 5.74) is 1.40. The normalized spacial score (nSPS) is 11.9. The van der Waals surface area contributed by atoms with Gasteiger partial charge in [0.05, 0.1) is 10.6 Å². The second kappa shape index (κ2) is 7.71. The highest BCUT2D eigenvalue weighted by molar-refractivity contribution is 7.85. The summed E-state index contributed by atoms with van der Waals surface area (Å²) in [6.45, 7) is 0. The van der Waals surface area contributed by atoms with Crippen molar-refractivity contribution in [2.45, 2.75) is 4.90 Å². The summed E-state index contributed by atoms with van der Waals surface area (Å²) in [7, 11) is -4.43. The Morgan fingerprint density at radius 1 is 0.710 bits per heavy atom. The van der Waals surface area contributed by atoms with Crippen LogP contribution in [0.3, 0.4) is 0 Å². The van der Waals surface area contributed by atoms with Gasteiger partial charge in [0.1, 0.15) is 17.2 Å². The predicted octanol–water partition coefficient (Wildman–Crippen LogP) is 5.29. The molecule has 0 amide bonds. The molecule has 4 aromatic rings. The number of hydrogen-bond acceptors (Lipinski definition) is 7. The molecule has 0 unspecified atom stereocenters. The Kier molecular flexibility index (Phi) is 5.05. The molecule has 0 heterocycles. The van der Waals surface area contributed by atoms with Gasteiger partial charge in [-0.25, -0.2) is 0 Å². The fourth-order valence-electron chi connectivity index (χ4n) is 3.10. The summed E-state index contributed by atoms with van der Waals surface area (Å²) in [6.07, 6.45) is 0. The van der Waals surface area contributed by atoms with Gasteiger partial charge in [0.15, 0.2) is 5.75 Å². The first kappa shape index (κ1) is 20.3. The molecule has 0 spiro atoms. The second-order valence-corrected chi connectivity index (χ2v) is 8.16. The van der Waals surface area contributed by atoms with Crippen LogP contribution >= 0.6 is 0 Å². The number of rotatable bonds is 4. The molecule has 8 nitrogen and oxygen atoms in total. The average Bonchev–Trinajstić information content (AvgIpc) is 2.73. The topological polar surface area (TPSA) is 140 Å². The van der Waals surface area contributed by atoms with E-state index in [0.717, 1.165) is 0 Å². The molecule has 0 radical (unpaired) electrons. The van der Waals surface area contributed by atoms with Crippen LogP contribution in [-0.4, -0.2) is 28.3 Å². The van der Waals surface area contributed by atoms with Crippen LogP contribution in [0.5, 0.6) is 17.2 Å². The van der Waals surface area contributed by atoms with E-state index < -0.39 is 10.1 Å². The van der Waals surface area contributed by atoms with Crippen molar-refractivity contribution in [3.05, 3.63) is 72.8 Å². The van der Waals surface area contributed by atoms with Gasteiger partial charge in [-0.15, -0.1) is 5.11 Å². The minimum atomic E-state index is -4.43. The van der Waals surface area contributed by atoms with Gasteiger partial charge in [-0.05, 0) is 65.5 Å². The predicted molar refractivity (Wildman–Crippen MR) is 115 cm³/mol. The van der Waals surface area contributed by atoms with E-state index in [1.807, 2.05) is 0 Å². The minimum Gasteiger partial charge on any atom is -0.508 e. The third-order valence-corrected chi connectivity index (χ3v) is 5.50. The van der Waals surface area contributed by atoms with Crippen molar-refractivity contribution in [3.63, 3.8) is 0 Å². The van der Waals surface area contributed by atoms with Crippen molar-refractivity contribution in [2.75, 3.05) is 0 Å². The summed E-state index contributed by atoms with van der Waals surface area (Å²) in [4.78, 5) is -0.302. The maximum atomic E-state index is 11.6. The highest BCUT2D eigenvalue weighted by Gasteiger charge is 2.17. The second-order valence-electron chi connectivity index (χ2n) is 6.74. The molecule has 0 fully saturated rings. The lowest BCUT2D eigenvalue weighted by atomic mass is 9.98. The van der Waals surface area contributed by atoms with E-state index in [2.05, 4.69) is 10.2 Å². The van der Waals surface area contributed by atoms with Crippen LogP contribution in [0.2, 0.25) is 0 Å². The molecular formula is C22H16N2O6S. The highest BCUT2D eigenvalue weighted by Crippen LogP contribution is 2.44. The summed E-state index contributed by atoms with van der Waals surface area (Å²) in [5, 5.41) is 39.0. The molecule has 0 atom stereocenters. The number of phenolic OH excluding ortho intramolecular Hbond substituents is 3. The van der Waals surface area contributed by atoms with Gasteiger partial charge in [-0.1, -0.05) is 18.2 Å². The molecule has 4 aromatic carbocycles. The molecular weight excluding hydrogens is 420 g/mol. The summed E-state index contributed by atoms with van der Waals surface area (Å²) >= 11 is 0. The Bertz CT molecular complexity index is 1410. The van der Waals surface area contributed by atoms with Crippen LogP contribution in [0.4, 0.5) is 11.4 Å². The van der Waals surface area contributed by atoms with E-state index in [-0.39, 0.29) is 27.8 Å². The Hall–Kier alpha value is -3.95. The largest absolute Gasteiger partial charge is 0.508 e. The lowest BCUT2D eigenvalue weighted by Gasteiger charge is -2.12. The molecule has 4 N–H and O–H groups in total. The number of nitrogens with zero attached hydrogens (tertiary/aromatic N) is 2. The molecule has 0 aromatic heterocycles. The molecule has 0 bridgehead atoms. The SMILES string of the molecule is O=S(=O)(O)c1ccc2c(N=Nc3ccc(O)cc3)c(O)c(-c3ccc(O)cc3)cc2c1. The van der Waals surface area contributed by atoms with E-state index >= 15 is 0 Å². The van der Waals surface area contributed by atoms with Gasteiger partial charge in [0.25, 0.3) is 10.1 Å². The van der Waals surface area contributed by atoms with Gasteiger partial charge in [0.2, 0.25) is 0 Å². The van der Waals surface area contributed by atoms with Crippen molar-refractivity contribution < 1.29 is 28.3 Å². The number of azo groups is 1. The van der Waals surface area contributed by atoms with Crippen molar-refractivity contribution in [2.24, 2.45) is 10.2 Å². The maximum absolute atomic E-state index is 11.6. The minimum absolute atomic E-state index is 0.0462. The molecule has 0 aliphatic rings. The first-order valence-corrected chi connectivity index (χ1v) is 10.4. The van der Waals surface area contributed by atoms with Crippen LogP contribution in [-0.2, 0) is 10.1 Å². The Morgan fingerprint density at radius 3 is 1.94 bits per heavy atom. The molecule has 0 saturated heterocycles. The third-order valence-electron chi connectivity index (χ3n) is 4.65. The zero-order valence-corrected chi connectivity index (χ0v) is 16.7. The first-order chi connectivity index (χ1) is 14.7. The lowest BCUT2D eigenvalue weighted by molar-refractivity contribution is 0.474. The quantitative estimate of drug-likeness (QED) is 0.253. The molecule has 156 valence electrons. The smallest absolute Gasteiger partial charge is 0.294 e. The van der Waals surface area contributed by atoms with Crippen molar-refractivity contribution in [1.82, 2.24) is 0 Å². The standard InChI is InChI=1S/C22H16N2O6S/c25-16-5-1-13(2-6-16)20-12-14-11-18(31(28,29)30)9-10-19(14)21(22(20)27)24-23-15-3-7-17(26)8-4-15/h1-12,25-27H,(H,28,29,30). The van der Waals surface area contributed by atoms with Crippen LogP contribution in [0.1, 0.15) is 0 Å². The summed E-state index contributed by atoms with van der Waals surface area (Å²) < 4.78 is 32.5. The van der Waals surface area contributed by atoms with E-state index in [4.69, 9.17) is 0 Å². The van der Waals surface area contributed by atoms with E-state index in [1.54, 1.807) is 30.3 Å². The van der Waals surface area contributed by atoms with Gasteiger partial charge >= 0.3 is 0 Å². The van der Waals surface area contributed by atoms with E-state index in [1.165, 1.54) is 42.5 Å². The Labute approximate surface area is 177 Å². The van der Waals surface area contributed by atoms with Gasteiger partial charge in [0, 0.05) is 10.9 Å². The van der Waals surface area contributed by atoms with E-state index in [9.17, 15) is 28.3 Å². The number of benzene rings is 4. The zero-order valence-electron chi connectivity index (χ0n) is 15.8. The maximum Gasteiger partial charge on any atom is 0.294 e. The molecule has 9 heteroatoms. The number of hydrogen-bond donors (Lipinski definition) is 4. The summed E-state index contributed by atoms with van der Waals surface area (Å²) in [5.74, 6) is -0.0791. The van der Waals surface area contributed by atoms with Crippen LogP contribution in [0.15, 0.2) is 87.9 Å². The van der Waals surface area contributed by atoms with Gasteiger partial charge in [-0.3, -0.25) is 4.55 Å². The first-order valence-electron chi connectivity index (χ1n) is 9.00. The number of fused-ring (bicyclic) bond motifs is 1. The zero-order chi connectivity index (χ0) is 22.2. The molecule has 0 aliphatic carbocycles. The molecule has 31 heavy (non-hydrogen) atoms. The molecule has 4 rings (SSSR count). The Balaban J connectivity index is 1.96. The van der Waals surface area contributed by atoms with Crippen LogP contribution < -0.4 is 0 Å². The molecule has 0 aliphatic heterocycles. The van der Waals surface area contributed by atoms with Crippen LogP contribution in [0, 0.1) is 0 Å². The fourth-order valence-corrected chi connectivity index (χ4v) is 3.62. The average molecular weight is 436 g/mol. The fraction of sp³-hybridized carbons (Fsp3) is 0. The van der Waals surface area contributed by atoms with Crippen molar-refractivity contribution in [3.8, 4) is 28.4 Å². The Morgan fingerprint density at radius 2 is 1.32 bits per heavy atom. The molecule has 0 saturated carbocycles. The van der Waals surface area contributed by atoms with E-state index in [0.29, 0.717) is 27.6 Å². The lowest BCUT2D eigenvalue weighted by Crippen LogP contribution is -1.97. The van der Waals surface area contributed by atoms with Gasteiger partial charge in [-0.2, -0.15) is 13.5 Å². The number of phenols is 3. The highest BCUT2D eigenvalue weighted by atomic mass is 32.2.